The molecule has 5 nitrogen and oxygen atoms in total. The summed E-state index contributed by atoms with van der Waals surface area (Å²) in [5.41, 5.74) is 2.66. The van der Waals surface area contributed by atoms with Crippen LogP contribution < -0.4 is 16.0 Å². The highest BCUT2D eigenvalue weighted by Crippen LogP contribution is 2.29. The first-order valence-corrected chi connectivity index (χ1v) is 9.73. The Balaban J connectivity index is 2.04. The first-order valence-electron chi connectivity index (χ1n) is 8.19. The molecule has 1 amide bonds. The molecule has 0 heterocycles. The molecule has 28 heavy (non-hydrogen) atoms. The summed E-state index contributed by atoms with van der Waals surface area (Å²) in [6.45, 7) is 3.40. The zero-order valence-electron chi connectivity index (χ0n) is 15.1. The molecule has 0 fully saturated rings. The number of carbonyl (C=O) groups is 2. The molecule has 0 saturated carbocycles. The van der Waals surface area contributed by atoms with Crippen LogP contribution in [-0.4, -0.2) is 26.8 Å². The van der Waals surface area contributed by atoms with E-state index in [-0.39, 0.29) is 10.9 Å². The van der Waals surface area contributed by atoms with Crippen LogP contribution in [0.5, 0.6) is 0 Å². The van der Waals surface area contributed by atoms with Crippen molar-refractivity contribution >= 4 is 69.5 Å². The van der Waals surface area contributed by atoms with Crippen molar-refractivity contribution in [3.05, 3.63) is 65.2 Å². The predicted molar refractivity (Wildman–Crippen MR) is 119 cm³/mol. The Labute approximate surface area is 183 Å². The number of benzene rings is 2. The van der Waals surface area contributed by atoms with Crippen molar-refractivity contribution in [1.29, 1.82) is 0 Å². The molecular formula is C19H18Cl3N3O2S. The van der Waals surface area contributed by atoms with Gasteiger partial charge in [-0.2, -0.15) is 0 Å². The van der Waals surface area contributed by atoms with Crippen molar-refractivity contribution in [1.82, 2.24) is 10.6 Å². The van der Waals surface area contributed by atoms with Gasteiger partial charge in [-0.3, -0.25) is 9.59 Å². The predicted octanol–water partition coefficient (Wildman–Crippen LogP) is 4.61. The lowest BCUT2D eigenvalue weighted by molar-refractivity contribution is 0.0933. The standard InChI is InChI=1S/C19H18Cl3N3O2S/c1-11-3-5-14(6-4-11)16(27)24-17(19(20,21)22)25-18(28)23-15-9-7-13(8-10-15)12(2)26/h3-10,17H,1-2H3,(H,24,27)(H2,23,25,28)/t17-/m1/s1. The largest absolute Gasteiger partial charge is 0.339 e. The molecule has 0 radical (unpaired) electrons. The number of alkyl halides is 3. The highest BCUT2D eigenvalue weighted by atomic mass is 35.6. The van der Waals surface area contributed by atoms with Gasteiger partial charge in [-0.25, -0.2) is 0 Å². The van der Waals surface area contributed by atoms with Crippen LogP contribution in [0.4, 0.5) is 5.69 Å². The average molecular weight is 459 g/mol. The molecule has 2 aromatic carbocycles. The molecule has 2 rings (SSSR count). The molecule has 0 unspecified atom stereocenters. The van der Waals surface area contributed by atoms with Crippen LogP contribution in [0.1, 0.15) is 33.2 Å². The van der Waals surface area contributed by atoms with Crippen molar-refractivity contribution < 1.29 is 9.59 Å². The van der Waals surface area contributed by atoms with E-state index in [0.29, 0.717) is 16.8 Å². The van der Waals surface area contributed by atoms with E-state index in [0.717, 1.165) is 5.56 Å². The summed E-state index contributed by atoms with van der Waals surface area (Å²) < 4.78 is -1.86. The van der Waals surface area contributed by atoms with Crippen LogP contribution in [0.15, 0.2) is 48.5 Å². The first-order chi connectivity index (χ1) is 13.1. The molecule has 1 atom stereocenters. The van der Waals surface area contributed by atoms with Gasteiger partial charge in [0.25, 0.3) is 5.91 Å². The molecule has 2 aromatic rings. The van der Waals surface area contributed by atoms with Gasteiger partial charge in [0, 0.05) is 16.8 Å². The maximum Gasteiger partial charge on any atom is 0.252 e. The number of nitrogens with one attached hydrogen (secondary N) is 3. The van der Waals surface area contributed by atoms with E-state index >= 15 is 0 Å². The quantitative estimate of drug-likeness (QED) is 0.264. The third-order valence-corrected chi connectivity index (χ3v) is 4.62. The Hall–Kier alpha value is -1.86. The Morgan fingerprint density at radius 2 is 1.46 bits per heavy atom. The Bertz CT molecular complexity index is 865. The van der Waals surface area contributed by atoms with Gasteiger partial charge in [0.05, 0.1) is 0 Å². The summed E-state index contributed by atoms with van der Waals surface area (Å²) in [5, 5.41) is 8.44. The topological polar surface area (TPSA) is 70.2 Å². The van der Waals surface area contributed by atoms with Crippen molar-refractivity contribution in [2.75, 3.05) is 5.32 Å². The van der Waals surface area contributed by atoms with E-state index in [9.17, 15) is 9.59 Å². The van der Waals surface area contributed by atoms with E-state index in [1.165, 1.54) is 6.92 Å². The summed E-state index contributed by atoms with van der Waals surface area (Å²) in [7, 11) is 0. The summed E-state index contributed by atoms with van der Waals surface area (Å²) in [6, 6.07) is 13.7. The molecule has 0 aliphatic carbocycles. The molecule has 3 N–H and O–H groups in total. The summed E-state index contributed by atoms with van der Waals surface area (Å²) in [6.07, 6.45) is -1.08. The fourth-order valence-electron chi connectivity index (χ4n) is 2.21. The molecule has 0 aliphatic heterocycles. The number of hydrogen-bond acceptors (Lipinski definition) is 3. The first kappa shape index (κ1) is 22.4. The summed E-state index contributed by atoms with van der Waals surface area (Å²) >= 11 is 23.2. The van der Waals surface area contributed by atoms with Crippen LogP contribution in [0.25, 0.3) is 0 Å². The number of Topliss-reactive ketones (excluding diaryl/α,β-unsaturated/α-hetero) is 1. The van der Waals surface area contributed by atoms with Gasteiger partial charge in [0.15, 0.2) is 10.9 Å². The normalized spacial score (nSPS) is 12.0. The van der Waals surface area contributed by atoms with Gasteiger partial charge >= 0.3 is 0 Å². The highest BCUT2D eigenvalue weighted by Gasteiger charge is 2.34. The Morgan fingerprint density at radius 1 is 0.929 bits per heavy atom. The molecule has 9 heteroatoms. The van der Waals surface area contributed by atoms with E-state index < -0.39 is 15.9 Å². The molecule has 0 aliphatic rings. The van der Waals surface area contributed by atoms with Gasteiger partial charge in [0.2, 0.25) is 3.79 Å². The van der Waals surface area contributed by atoms with Gasteiger partial charge in [-0.05, 0) is 62.5 Å². The average Bonchev–Trinajstić information content (AvgIpc) is 2.61. The number of thiocarbonyl (C=S) groups is 1. The number of anilines is 1. The van der Waals surface area contributed by atoms with Crippen LogP contribution in [0.3, 0.4) is 0 Å². The number of ketones is 1. The van der Waals surface area contributed by atoms with Crippen LogP contribution in [0, 0.1) is 6.92 Å². The number of halogens is 3. The molecule has 0 aromatic heterocycles. The summed E-state index contributed by atoms with van der Waals surface area (Å²) in [4.78, 5) is 23.8. The third kappa shape index (κ3) is 6.63. The van der Waals surface area contributed by atoms with Crippen molar-refractivity contribution in [2.45, 2.75) is 23.8 Å². The number of hydrogen-bond donors (Lipinski definition) is 3. The minimum absolute atomic E-state index is 0.0395. The molecule has 148 valence electrons. The number of rotatable bonds is 5. The van der Waals surface area contributed by atoms with Gasteiger partial charge < -0.3 is 16.0 Å². The zero-order chi connectivity index (χ0) is 20.9. The van der Waals surface area contributed by atoms with Gasteiger partial charge in [-0.15, -0.1) is 0 Å². The fraction of sp³-hybridized carbons (Fsp3) is 0.211. The number of aryl methyl sites for hydroxylation is 1. The van der Waals surface area contributed by atoms with Crippen LogP contribution in [0.2, 0.25) is 0 Å². The monoisotopic (exact) mass is 457 g/mol. The second-order valence-electron chi connectivity index (χ2n) is 6.05. The van der Waals surface area contributed by atoms with Gasteiger partial charge in [-0.1, -0.05) is 52.5 Å². The van der Waals surface area contributed by atoms with Gasteiger partial charge in [0.1, 0.15) is 6.17 Å². The smallest absolute Gasteiger partial charge is 0.252 e. The maximum atomic E-state index is 12.4. The second kappa shape index (κ2) is 9.56. The minimum Gasteiger partial charge on any atom is -0.339 e. The molecule has 0 spiro atoms. The fourth-order valence-corrected chi connectivity index (χ4v) is 2.77. The van der Waals surface area contributed by atoms with E-state index in [1.54, 1.807) is 36.4 Å². The van der Waals surface area contributed by atoms with Crippen molar-refractivity contribution in [3.8, 4) is 0 Å². The van der Waals surface area contributed by atoms with Crippen LogP contribution >= 0.6 is 47.0 Å². The maximum absolute atomic E-state index is 12.4. The second-order valence-corrected chi connectivity index (χ2v) is 8.82. The van der Waals surface area contributed by atoms with Crippen molar-refractivity contribution in [3.63, 3.8) is 0 Å². The lowest BCUT2D eigenvalue weighted by Gasteiger charge is -2.27. The summed E-state index contributed by atoms with van der Waals surface area (Å²) in [5.74, 6) is -0.459. The van der Waals surface area contributed by atoms with Crippen molar-refractivity contribution in [2.24, 2.45) is 0 Å². The Kier molecular flexibility index (Phi) is 7.66. The number of amides is 1. The van der Waals surface area contributed by atoms with E-state index in [1.807, 2.05) is 19.1 Å². The SMILES string of the molecule is CC(=O)c1ccc(NC(=S)N[C@@H](NC(=O)c2ccc(C)cc2)C(Cl)(Cl)Cl)cc1. The van der Waals surface area contributed by atoms with Crippen LogP contribution in [-0.2, 0) is 0 Å². The number of carbonyl (C=O) groups excluding carboxylic acids is 2. The molecule has 0 bridgehead atoms. The third-order valence-electron chi connectivity index (χ3n) is 3.74. The molecular weight excluding hydrogens is 441 g/mol. The minimum atomic E-state index is -1.86. The Morgan fingerprint density at radius 3 is 1.96 bits per heavy atom. The lowest BCUT2D eigenvalue weighted by atomic mass is 10.1. The van der Waals surface area contributed by atoms with E-state index in [2.05, 4.69) is 16.0 Å². The zero-order valence-corrected chi connectivity index (χ0v) is 18.1. The van der Waals surface area contributed by atoms with E-state index in [4.69, 9.17) is 47.0 Å². The highest BCUT2D eigenvalue weighted by molar-refractivity contribution is 7.80. The molecule has 0 saturated heterocycles. The lowest BCUT2D eigenvalue weighted by Crippen LogP contribution is -2.56.